The van der Waals surface area contributed by atoms with Crippen molar-refractivity contribution in [1.82, 2.24) is 0 Å². The molecule has 0 heterocycles. The van der Waals surface area contributed by atoms with Crippen LogP contribution < -0.4 is 0 Å². The molecule has 2 rings (SSSR count). The highest BCUT2D eigenvalue weighted by Gasteiger charge is 2.58. The number of allylic oxidation sites excluding steroid dienone is 1. The van der Waals surface area contributed by atoms with Gasteiger partial charge in [0.05, 0.1) is 18.1 Å². The van der Waals surface area contributed by atoms with Crippen molar-refractivity contribution >= 4 is 17.8 Å². The van der Waals surface area contributed by atoms with Crippen molar-refractivity contribution < 1.29 is 45.3 Å². The maximum Gasteiger partial charge on any atom is 0.336 e. The maximum atomic E-state index is 12.3. The van der Waals surface area contributed by atoms with Crippen molar-refractivity contribution in [2.75, 3.05) is 0 Å². The second kappa shape index (κ2) is 6.81. The summed E-state index contributed by atoms with van der Waals surface area (Å²) in [6.07, 6.45) is -4.27. The number of hydrogen-bond donors (Lipinski definition) is 7. The summed E-state index contributed by atoms with van der Waals surface area (Å²) < 4.78 is 0. The van der Waals surface area contributed by atoms with Crippen molar-refractivity contribution in [2.45, 2.75) is 30.3 Å². The van der Waals surface area contributed by atoms with Crippen LogP contribution in [0.4, 0.5) is 0 Å². The minimum absolute atomic E-state index is 0.286. The van der Waals surface area contributed by atoms with E-state index < -0.39 is 53.8 Å². The fraction of sp³-hybridized carbons (Fsp3) is 0.375. The Morgan fingerprint density at radius 1 is 1.08 bits per heavy atom. The van der Waals surface area contributed by atoms with Gasteiger partial charge in [-0.2, -0.15) is 0 Å². The van der Waals surface area contributed by atoms with E-state index in [-0.39, 0.29) is 11.3 Å². The van der Waals surface area contributed by atoms with Crippen LogP contribution in [0, 0.1) is 5.92 Å². The summed E-state index contributed by atoms with van der Waals surface area (Å²) in [4.78, 5) is 23.7. The molecule has 1 aliphatic carbocycles. The van der Waals surface area contributed by atoms with E-state index >= 15 is 0 Å². The van der Waals surface area contributed by atoms with Gasteiger partial charge in [-0.15, -0.1) is 0 Å². The molecular weight excluding hydrogens is 336 g/mol. The molecule has 0 radical (unpaired) electrons. The van der Waals surface area contributed by atoms with Crippen molar-refractivity contribution in [3.8, 4) is 11.5 Å². The van der Waals surface area contributed by atoms with Crippen LogP contribution in [0.2, 0.25) is 0 Å². The molecule has 0 bridgehead atoms. The minimum atomic E-state index is -2.75. The van der Waals surface area contributed by atoms with Gasteiger partial charge in [-0.1, -0.05) is 12.1 Å². The smallest absolute Gasteiger partial charge is 0.336 e. The molecule has 1 saturated carbocycles. The molecule has 1 aromatic carbocycles. The monoisotopic (exact) mass is 354 g/mol. The van der Waals surface area contributed by atoms with E-state index in [0.717, 1.165) is 12.1 Å². The van der Waals surface area contributed by atoms with Gasteiger partial charge in [0.25, 0.3) is 0 Å². The van der Waals surface area contributed by atoms with E-state index in [4.69, 9.17) is 0 Å². The highest BCUT2D eigenvalue weighted by atomic mass is 16.4. The SMILES string of the molecule is O=C(/C=C/c1ccc(O)c(O)c1)C1[C@@H](O)C(O)[C@H](O)CC1(O)C(=O)O. The number of aliphatic carboxylic acids is 1. The number of benzene rings is 1. The first-order valence-electron chi connectivity index (χ1n) is 7.32. The van der Waals surface area contributed by atoms with Crippen molar-refractivity contribution in [3.05, 3.63) is 29.8 Å². The number of carbonyl (C=O) groups excluding carboxylic acids is 1. The number of aliphatic hydroxyl groups excluding tert-OH is 3. The molecular formula is C16H18O9. The van der Waals surface area contributed by atoms with Gasteiger partial charge in [0.1, 0.15) is 6.10 Å². The van der Waals surface area contributed by atoms with Gasteiger partial charge < -0.3 is 35.7 Å². The third kappa shape index (κ3) is 3.49. The number of carbonyl (C=O) groups is 2. The van der Waals surface area contributed by atoms with Crippen LogP contribution in [-0.4, -0.2) is 71.4 Å². The highest BCUT2D eigenvalue weighted by Crippen LogP contribution is 2.36. The molecule has 3 unspecified atom stereocenters. The molecule has 0 aromatic heterocycles. The summed E-state index contributed by atoms with van der Waals surface area (Å²) in [5.41, 5.74) is -2.47. The van der Waals surface area contributed by atoms with E-state index in [9.17, 15) is 45.3 Å². The van der Waals surface area contributed by atoms with Crippen LogP contribution in [0.5, 0.6) is 11.5 Å². The summed E-state index contributed by atoms with van der Waals surface area (Å²) in [6, 6.07) is 3.67. The van der Waals surface area contributed by atoms with Gasteiger partial charge in [0.15, 0.2) is 22.9 Å². The van der Waals surface area contributed by atoms with Gasteiger partial charge in [0.2, 0.25) is 0 Å². The van der Waals surface area contributed by atoms with Gasteiger partial charge >= 0.3 is 5.97 Å². The molecule has 9 heteroatoms. The quantitative estimate of drug-likeness (QED) is 0.253. The normalized spacial score (nSPS) is 32.6. The number of aromatic hydroxyl groups is 2. The number of phenols is 2. The predicted octanol–water partition coefficient (Wildman–Crippen LogP) is -1.40. The summed E-state index contributed by atoms with van der Waals surface area (Å²) in [5.74, 6) is -5.51. The van der Waals surface area contributed by atoms with Crippen LogP contribution in [-0.2, 0) is 9.59 Å². The lowest BCUT2D eigenvalue weighted by Gasteiger charge is -2.43. The van der Waals surface area contributed by atoms with E-state index in [1.807, 2.05) is 0 Å². The van der Waals surface area contributed by atoms with Gasteiger partial charge in [-0.25, -0.2) is 4.79 Å². The first kappa shape index (κ1) is 18.9. The van der Waals surface area contributed by atoms with Crippen LogP contribution >= 0.6 is 0 Å². The Morgan fingerprint density at radius 2 is 1.72 bits per heavy atom. The van der Waals surface area contributed by atoms with Crippen LogP contribution in [0.15, 0.2) is 24.3 Å². The van der Waals surface area contributed by atoms with Crippen LogP contribution in [0.3, 0.4) is 0 Å². The van der Waals surface area contributed by atoms with Crippen molar-refractivity contribution in [3.63, 3.8) is 0 Å². The molecule has 5 atom stereocenters. The predicted molar refractivity (Wildman–Crippen MR) is 82.5 cm³/mol. The topological polar surface area (TPSA) is 176 Å². The molecule has 0 saturated heterocycles. The summed E-state index contributed by atoms with van der Waals surface area (Å²) in [5, 5.41) is 67.3. The number of carboxylic acid groups (broad SMARTS) is 1. The molecule has 9 nitrogen and oxygen atoms in total. The van der Waals surface area contributed by atoms with Crippen LogP contribution in [0.1, 0.15) is 12.0 Å². The third-order valence-electron chi connectivity index (χ3n) is 4.24. The standard InChI is InChI=1S/C16H18O9/c17-8-3-1-7(5-10(8)19)2-4-9(18)12-14(22)13(21)11(20)6-16(12,25)15(23)24/h1-5,11-14,17,19-22,25H,6H2,(H,23,24)/b4-2+/t11-,12?,13?,14-,16?/m1/s1. The Morgan fingerprint density at radius 3 is 2.28 bits per heavy atom. The average Bonchev–Trinajstić information content (AvgIpc) is 2.53. The fourth-order valence-electron chi connectivity index (χ4n) is 2.82. The Hall–Kier alpha value is -2.46. The molecule has 1 fully saturated rings. The van der Waals surface area contributed by atoms with E-state index in [0.29, 0.717) is 0 Å². The average molecular weight is 354 g/mol. The molecule has 0 spiro atoms. The summed E-state index contributed by atoms with van der Waals surface area (Å²) >= 11 is 0. The number of aliphatic hydroxyl groups is 4. The second-order valence-electron chi connectivity index (χ2n) is 5.94. The van der Waals surface area contributed by atoms with Crippen molar-refractivity contribution in [2.24, 2.45) is 5.92 Å². The Balaban J connectivity index is 2.31. The lowest BCUT2D eigenvalue weighted by atomic mass is 9.69. The zero-order valence-electron chi connectivity index (χ0n) is 12.9. The number of hydrogen-bond acceptors (Lipinski definition) is 8. The summed E-state index contributed by atoms with van der Waals surface area (Å²) in [6.45, 7) is 0. The third-order valence-corrected chi connectivity index (χ3v) is 4.24. The maximum absolute atomic E-state index is 12.3. The van der Waals surface area contributed by atoms with Gasteiger partial charge in [-0.3, -0.25) is 4.79 Å². The minimum Gasteiger partial charge on any atom is -0.504 e. The number of carboxylic acids is 1. The molecule has 25 heavy (non-hydrogen) atoms. The molecule has 7 N–H and O–H groups in total. The lowest BCUT2D eigenvalue weighted by Crippen LogP contribution is -2.64. The first-order valence-corrected chi connectivity index (χ1v) is 7.32. The van der Waals surface area contributed by atoms with E-state index in [1.165, 1.54) is 18.2 Å². The largest absolute Gasteiger partial charge is 0.504 e. The first-order chi connectivity index (χ1) is 11.6. The molecule has 1 aliphatic rings. The van der Waals surface area contributed by atoms with Gasteiger partial charge in [0, 0.05) is 6.42 Å². The number of ketones is 1. The zero-order valence-corrected chi connectivity index (χ0v) is 12.9. The van der Waals surface area contributed by atoms with E-state index in [2.05, 4.69) is 0 Å². The Kier molecular flexibility index (Phi) is 5.14. The zero-order chi connectivity index (χ0) is 18.9. The van der Waals surface area contributed by atoms with Crippen LogP contribution in [0.25, 0.3) is 6.08 Å². The second-order valence-corrected chi connectivity index (χ2v) is 5.94. The summed E-state index contributed by atoms with van der Waals surface area (Å²) in [7, 11) is 0. The Bertz CT molecular complexity index is 714. The number of rotatable bonds is 4. The molecule has 0 amide bonds. The highest BCUT2D eigenvalue weighted by molar-refractivity contribution is 6.00. The lowest BCUT2D eigenvalue weighted by molar-refractivity contribution is -0.207. The molecule has 136 valence electrons. The van der Waals surface area contributed by atoms with Gasteiger partial charge in [-0.05, 0) is 23.8 Å². The Labute approximate surface area is 141 Å². The van der Waals surface area contributed by atoms with E-state index in [1.54, 1.807) is 0 Å². The number of phenolic OH excluding ortho intramolecular Hbond substituents is 2. The van der Waals surface area contributed by atoms with Crippen molar-refractivity contribution in [1.29, 1.82) is 0 Å². The molecule has 1 aromatic rings. The fourth-order valence-corrected chi connectivity index (χ4v) is 2.82. The molecule has 0 aliphatic heterocycles.